The maximum atomic E-state index is 11.3. The standard InChI is InChI=1S/C14H19BrN2O/c15-8-6-14(18)16-9-3-10-17-11-7-12-4-1-2-5-13(12)17/h1-2,4-5H,3,6-11H2,(H,16,18). The lowest BCUT2D eigenvalue weighted by atomic mass is 10.2. The molecule has 98 valence electrons. The van der Waals surface area contributed by atoms with Crippen LogP contribution in [0, 0.1) is 0 Å². The van der Waals surface area contributed by atoms with Gasteiger partial charge in [0.2, 0.25) is 5.91 Å². The number of hydrogen-bond donors (Lipinski definition) is 1. The molecule has 0 saturated carbocycles. The number of rotatable bonds is 6. The lowest BCUT2D eigenvalue weighted by Crippen LogP contribution is -2.29. The number of fused-ring (bicyclic) bond motifs is 1. The molecule has 1 heterocycles. The number of carbonyl (C=O) groups excluding carboxylic acids is 1. The molecule has 0 unspecified atom stereocenters. The first-order valence-electron chi connectivity index (χ1n) is 6.47. The van der Waals surface area contributed by atoms with Gasteiger partial charge in [0.25, 0.3) is 0 Å². The number of anilines is 1. The van der Waals surface area contributed by atoms with Crippen molar-refractivity contribution in [1.29, 1.82) is 0 Å². The number of alkyl halides is 1. The van der Waals surface area contributed by atoms with E-state index in [2.05, 4.69) is 50.4 Å². The van der Waals surface area contributed by atoms with Crippen LogP contribution in [0.5, 0.6) is 0 Å². The van der Waals surface area contributed by atoms with E-state index in [1.807, 2.05) is 0 Å². The highest BCUT2D eigenvalue weighted by Gasteiger charge is 2.17. The van der Waals surface area contributed by atoms with Gasteiger partial charge < -0.3 is 10.2 Å². The van der Waals surface area contributed by atoms with Crippen LogP contribution in [0.2, 0.25) is 0 Å². The number of carbonyl (C=O) groups is 1. The molecule has 0 saturated heterocycles. The minimum Gasteiger partial charge on any atom is -0.371 e. The molecular formula is C14H19BrN2O. The van der Waals surface area contributed by atoms with Crippen molar-refractivity contribution in [2.24, 2.45) is 0 Å². The predicted molar refractivity (Wildman–Crippen MR) is 78.4 cm³/mol. The van der Waals surface area contributed by atoms with Gasteiger partial charge >= 0.3 is 0 Å². The summed E-state index contributed by atoms with van der Waals surface area (Å²) in [4.78, 5) is 13.7. The number of nitrogens with zero attached hydrogens (tertiary/aromatic N) is 1. The smallest absolute Gasteiger partial charge is 0.220 e. The molecule has 1 N–H and O–H groups in total. The van der Waals surface area contributed by atoms with E-state index in [1.54, 1.807) is 0 Å². The lowest BCUT2D eigenvalue weighted by Gasteiger charge is -2.19. The van der Waals surface area contributed by atoms with Gasteiger partial charge in [-0.2, -0.15) is 0 Å². The molecule has 0 fully saturated rings. The summed E-state index contributed by atoms with van der Waals surface area (Å²) in [5.41, 5.74) is 2.81. The first-order valence-corrected chi connectivity index (χ1v) is 7.59. The second-order valence-electron chi connectivity index (χ2n) is 4.51. The van der Waals surface area contributed by atoms with Crippen LogP contribution in [0.1, 0.15) is 18.4 Å². The van der Waals surface area contributed by atoms with E-state index in [0.717, 1.165) is 37.8 Å². The highest BCUT2D eigenvalue weighted by Crippen LogP contribution is 2.27. The Balaban J connectivity index is 1.71. The average Bonchev–Trinajstić information content (AvgIpc) is 2.78. The van der Waals surface area contributed by atoms with Gasteiger partial charge in [-0.05, 0) is 24.5 Å². The molecule has 0 bridgehead atoms. The molecule has 0 aliphatic carbocycles. The van der Waals surface area contributed by atoms with Gasteiger partial charge in [-0.15, -0.1) is 0 Å². The van der Waals surface area contributed by atoms with E-state index < -0.39 is 0 Å². The van der Waals surface area contributed by atoms with Crippen LogP contribution < -0.4 is 10.2 Å². The van der Waals surface area contributed by atoms with E-state index in [-0.39, 0.29) is 5.91 Å². The highest BCUT2D eigenvalue weighted by atomic mass is 79.9. The Bertz CT molecular complexity index is 409. The van der Waals surface area contributed by atoms with Gasteiger partial charge in [0.15, 0.2) is 0 Å². The second-order valence-corrected chi connectivity index (χ2v) is 5.30. The SMILES string of the molecule is O=C(CCBr)NCCCN1CCc2ccccc21. The zero-order valence-electron chi connectivity index (χ0n) is 10.5. The van der Waals surface area contributed by atoms with Crippen LogP contribution in [0.25, 0.3) is 0 Å². The fourth-order valence-corrected chi connectivity index (χ4v) is 2.67. The summed E-state index contributed by atoms with van der Waals surface area (Å²) in [6.45, 7) is 2.89. The average molecular weight is 311 g/mol. The summed E-state index contributed by atoms with van der Waals surface area (Å²) in [6.07, 6.45) is 2.71. The molecule has 1 aliphatic heterocycles. The monoisotopic (exact) mass is 310 g/mol. The Morgan fingerprint density at radius 2 is 2.22 bits per heavy atom. The summed E-state index contributed by atoms with van der Waals surface area (Å²) < 4.78 is 0. The molecule has 1 aromatic carbocycles. The van der Waals surface area contributed by atoms with Crippen molar-refractivity contribution in [2.75, 3.05) is 29.9 Å². The van der Waals surface area contributed by atoms with Gasteiger partial charge in [0.05, 0.1) is 0 Å². The van der Waals surface area contributed by atoms with Crippen molar-refractivity contribution < 1.29 is 4.79 Å². The third-order valence-corrected chi connectivity index (χ3v) is 3.63. The summed E-state index contributed by atoms with van der Waals surface area (Å²) in [5.74, 6) is 0.133. The van der Waals surface area contributed by atoms with Crippen molar-refractivity contribution in [2.45, 2.75) is 19.3 Å². The molecule has 1 amide bonds. The summed E-state index contributed by atoms with van der Waals surface area (Å²) in [6, 6.07) is 8.58. The third-order valence-electron chi connectivity index (χ3n) is 3.23. The molecule has 0 radical (unpaired) electrons. The largest absolute Gasteiger partial charge is 0.371 e. The van der Waals surface area contributed by atoms with Gasteiger partial charge in [-0.25, -0.2) is 0 Å². The fraction of sp³-hybridized carbons (Fsp3) is 0.500. The number of benzene rings is 1. The van der Waals surface area contributed by atoms with E-state index in [9.17, 15) is 4.79 Å². The van der Waals surface area contributed by atoms with Crippen LogP contribution in [0.15, 0.2) is 24.3 Å². The first kappa shape index (κ1) is 13.4. The Labute approximate surface area is 117 Å². The Morgan fingerprint density at radius 3 is 3.06 bits per heavy atom. The molecule has 1 aliphatic rings. The fourth-order valence-electron chi connectivity index (χ4n) is 2.31. The molecule has 0 atom stereocenters. The molecular weight excluding hydrogens is 292 g/mol. The lowest BCUT2D eigenvalue weighted by molar-refractivity contribution is -0.120. The van der Waals surface area contributed by atoms with Crippen molar-refractivity contribution in [1.82, 2.24) is 5.32 Å². The van der Waals surface area contributed by atoms with Crippen molar-refractivity contribution in [3.63, 3.8) is 0 Å². The zero-order valence-corrected chi connectivity index (χ0v) is 12.1. The maximum absolute atomic E-state index is 11.3. The van der Waals surface area contributed by atoms with Crippen molar-refractivity contribution in [3.05, 3.63) is 29.8 Å². The minimum absolute atomic E-state index is 0.133. The van der Waals surface area contributed by atoms with E-state index in [0.29, 0.717) is 6.42 Å². The Kier molecular flexibility index (Phi) is 5.05. The molecule has 2 rings (SSSR count). The van der Waals surface area contributed by atoms with Gasteiger partial charge in [-0.1, -0.05) is 34.1 Å². The number of hydrogen-bond acceptors (Lipinski definition) is 2. The zero-order chi connectivity index (χ0) is 12.8. The van der Waals surface area contributed by atoms with E-state index in [4.69, 9.17) is 0 Å². The molecule has 18 heavy (non-hydrogen) atoms. The Hall–Kier alpha value is -1.03. The summed E-state index contributed by atoms with van der Waals surface area (Å²) in [7, 11) is 0. The highest BCUT2D eigenvalue weighted by molar-refractivity contribution is 9.09. The van der Waals surface area contributed by atoms with Gasteiger partial charge in [-0.3, -0.25) is 4.79 Å². The molecule has 0 spiro atoms. The topological polar surface area (TPSA) is 32.3 Å². The van der Waals surface area contributed by atoms with E-state index >= 15 is 0 Å². The number of para-hydroxylation sites is 1. The normalized spacial score (nSPS) is 13.5. The summed E-state index contributed by atoms with van der Waals surface area (Å²) in [5, 5.41) is 3.67. The number of amides is 1. The first-order chi connectivity index (χ1) is 8.81. The number of nitrogens with one attached hydrogen (secondary N) is 1. The van der Waals surface area contributed by atoms with Crippen LogP contribution >= 0.6 is 15.9 Å². The van der Waals surface area contributed by atoms with Crippen LogP contribution in [-0.4, -0.2) is 30.9 Å². The molecule has 3 nitrogen and oxygen atoms in total. The van der Waals surface area contributed by atoms with Gasteiger partial charge in [0.1, 0.15) is 0 Å². The predicted octanol–water partition coefficient (Wildman–Crippen LogP) is 2.34. The molecule has 0 aromatic heterocycles. The third kappa shape index (κ3) is 3.48. The minimum atomic E-state index is 0.133. The van der Waals surface area contributed by atoms with Crippen molar-refractivity contribution >= 4 is 27.5 Å². The van der Waals surface area contributed by atoms with Crippen LogP contribution in [0.4, 0.5) is 5.69 Å². The van der Waals surface area contributed by atoms with Crippen molar-refractivity contribution in [3.8, 4) is 0 Å². The molecule has 1 aromatic rings. The Morgan fingerprint density at radius 1 is 1.39 bits per heavy atom. The van der Waals surface area contributed by atoms with Crippen LogP contribution in [-0.2, 0) is 11.2 Å². The molecule has 4 heteroatoms. The second kappa shape index (κ2) is 6.78. The van der Waals surface area contributed by atoms with Gasteiger partial charge in [0, 0.05) is 37.1 Å². The van der Waals surface area contributed by atoms with E-state index in [1.165, 1.54) is 11.3 Å². The maximum Gasteiger partial charge on any atom is 0.220 e. The number of halogens is 1. The summed E-state index contributed by atoms with van der Waals surface area (Å²) >= 11 is 3.26. The van der Waals surface area contributed by atoms with Crippen LogP contribution in [0.3, 0.4) is 0 Å². The quantitative estimate of drug-likeness (QED) is 0.646.